The number of halogens is 3. The van der Waals surface area contributed by atoms with Gasteiger partial charge in [-0.05, 0) is 70.0 Å². The van der Waals surface area contributed by atoms with E-state index < -0.39 is 21.6 Å². The van der Waals surface area contributed by atoms with Crippen molar-refractivity contribution in [2.24, 2.45) is 0 Å². The standard InChI is InChI=1S/C26H34Cl3N3O4S/c1-6-23(25(34)30-26(2,3)4)31(17-20-21(28)9-7-10-22(20)29)24(33)11-8-16-32(37(5,35)36)19-14-12-18(27)13-15-19/h7,9-10,12-15,23H,6,8,11,16-17H2,1-5H3,(H,30,34)/t23-/m0/s1. The van der Waals surface area contributed by atoms with Gasteiger partial charge in [0, 0.05) is 45.7 Å². The van der Waals surface area contributed by atoms with Crippen LogP contribution >= 0.6 is 34.8 Å². The van der Waals surface area contributed by atoms with Gasteiger partial charge in [0.2, 0.25) is 21.8 Å². The summed E-state index contributed by atoms with van der Waals surface area (Å²) in [5, 5.41) is 4.21. The maximum absolute atomic E-state index is 13.5. The predicted molar refractivity (Wildman–Crippen MR) is 152 cm³/mol. The summed E-state index contributed by atoms with van der Waals surface area (Å²) in [6.07, 6.45) is 1.73. The first kappa shape index (κ1) is 31.2. The fraction of sp³-hybridized carbons (Fsp3) is 0.462. The van der Waals surface area contributed by atoms with Crippen LogP contribution in [-0.2, 0) is 26.2 Å². The molecule has 0 aliphatic carbocycles. The zero-order valence-electron chi connectivity index (χ0n) is 21.7. The molecule has 2 amide bonds. The molecule has 2 aromatic carbocycles. The zero-order valence-corrected chi connectivity index (χ0v) is 24.8. The molecule has 0 heterocycles. The van der Waals surface area contributed by atoms with E-state index in [4.69, 9.17) is 34.8 Å². The number of nitrogens with one attached hydrogen (secondary N) is 1. The minimum absolute atomic E-state index is 0.0149. The third-order valence-electron chi connectivity index (χ3n) is 5.54. The minimum Gasteiger partial charge on any atom is -0.350 e. The lowest BCUT2D eigenvalue weighted by atomic mass is 10.0. The van der Waals surface area contributed by atoms with Crippen LogP contribution in [0, 0.1) is 0 Å². The number of hydrogen-bond acceptors (Lipinski definition) is 4. The van der Waals surface area contributed by atoms with Crippen molar-refractivity contribution in [1.82, 2.24) is 10.2 Å². The molecule has 0 fully saturated rings. The van der Waals surface area contributed by atoms with Gasteiger partial charge in [-0.1, -0.05) is 47.8 Å². The number of hydrogen-bond donors (Lipinski definition) is 1. The maximum atomic E-state index is 13.5. The summed E-state index contributed by atoms with van der Waals surface area (Å²) in [5.41, 5.74) is 0.505. The number of carbonyl (C=O) groups excluding carboxylic acids is 2. The Balaban J connectivity index is 2.29. The third-order valence-corrected chi connectivity index (χ3v) is 7.70. The highest BCUT2D eigenvalue weighted by Gasteiger charge is 2.31. The van der Waals surface area contributed by atoms with Crippen molar-refractivity contribution in [3.8, 4) is 0 Å². The van der Waals surface area contributed by atoms with Gasteiger partial charge < -0.3 is 10.2 Å². The SMILES string of the molecule is CC[C@@H](C(=O)NC(C)(C)C)N(Cc1c(Cl)cccc1Cl)C(=O)CCCN(c1ccc(Cl)cc1)S(C)(=O)=O. The van der Waals surface area contributed by atoms with E-state index in [0.717, 1.165) is 6.26 Å². The smallest absolute Gasteiger partial charge is 0.243 e. The lowest BCUT2D eigenvalue weighted by molar-refractivity contribution is -0.142. The third kappa shape index (κ3) is 9.36. The van der Waals surface area contributed by atoms with Gasteiger partial charge in [0.1, 0.15) is 6.04 Å². The number of carbonyl (C=O) groups is 2. The molecule has 0 radical (unpaired) electrons. The first-order chi connectivity index (χ1) is 17.1. The summed E-state index contributed by atoms with van der Waals surface area (Å²) < 4.78 is 26.1. The van der Waals surface area contributed by atoms with Gasteiger partial charge in [-0.3, -0.25) is 13.9 Å². The summed E-state index contributed by atoms with van der Waals surface area (Å²) in [4.78, 5) is 28.2. The Morgan fingerprint density at radius 2 is 1.57 bits per heavy atom. The molecule has 7 nitrogen and oxygen atoms in total. The molecule has 0 aliphatic rings. The summed E-state index contributed by atoms with van der Waals surface area (Å²) in [6.45, 7) is 7.55. The van der Waals surface area contributed by atoms with Crippen molar-refractivity contribution in [2.75, 3.05) is 17.1 Å². The maximum Gasteiger partial charge on any atom is 0.243 e. The Kier molecular flexibility index (Phi) is 11.1. The quantitative estimate of drug-likeness (QED) is 0.352. The van der Waals surface area contributed by atoms with Gasteiger partial charge >= 0.3 is 0 Å². The Bertz CT molecular complexity index is 1180. The molecule has 204 valence electrons. The highest BCUT2D eigenvalue weighted by atomic mass is 35.5. The molecule has 0 bridgehead atoms. The van der Waals surface area contributed by atoms with Crippen molar-refractivity contribution < 1.29 is 18.0 Å². The van der Waals surface area contributed by atoms with Crippen LogP contribution in [0.3, 0.4) is 0 Å². The van der Waals surface area contributed by atoms with E-state index in [-0.39, 0.29) is 37.7 Å². The van der Waals surface area contributed by atoms with E-state index in [1.807, 2.05) is 27.7 Å². The summed E-state index contributed by atoms with van der Waals surface area (Å²) in [6, 6.07) is 10.7. The average molecular weight is 591 g/mol. The molecule has 1 atom stereocenters. The average Bonchev–Trinajstić information content (AvgIpc) is 2.77. The summed E-state index contributed by atoms with van der Waals surface area (Å²) in [5.74, 6) is -0.595. The Hall–Kier alpha value is -2.00. The normalized spacial score (nSPS) is 12.6. The molecule has 0 spiro atoms. The Morgan fingerprint density at radius 1 is 1.00 bits per heavy atom. The van der Waals surface area contributed by atoms with Gasteiger partial charge in [0.05, 0.1) is 11.9 Å². The highest BCUT2D eigenvalue weighted by molar-refractivity contribution is 7.92. The van der Waals surface area contributed by atoms with Crippen LogP contribution in [-0.4, -0.2) is 49.5 Å². The van der Waals surface area contributed by atoms with E-state index >= 15 is 0 Å². The van der Waals surface area contributed by atoms with Crippen LogP contribution in [0.5, 0.6) is 0 Å². The molecule has 0 saturated carbocycles. The van der Waals surface area contributed by atoms with Gasteiger partial charge in [-0.2, -0.15) is 0 Å². The van der Waals surface area contributed by atoms with E-state index in [1.165, 1.54) is 9.21 Å². The van der Waals surface area contributed by atoms with Crippen molar-refractivity contribution >= 4 is 62.3 Å². The van der Waals surface area contributed by atoms with Crippen LogP contribution in [0.4, 0.5) is 5.69 Å². The second-order valence-electron chi connectivity index (χ2n) is 9.80. The van der Waals surface area contributed by atoms with Crippen molar-refractivity contribution in [3.63, 3.8) is 0 Å². The van der Waals surface area contributed by atoms with E-state index in [2.05, 4.69) is 5.32 Å². The number of amides is 2. The second kappa shape index (κ2) is 13.2. The second-order valence-corrected chi connectivity index (χ2v) is 13.0. The first-order valence-corrected chi connectivity index (χ1v) is 14.9. The topological polar surface area (TPSA) is 86.8 Å². The van der Waals surface area contributed by atoms with Gasteiger partial charge in [-0.15, -0.1) is 0 Å². The molecule has 0 unspecified atom stereocenters. The lowest BCUT2D eigenvalue weighted by Crippen LogP contribution is -2.53. The van der Waals surface area contributed by atoms with Crippen LogP contribution in [0.1, 0.15) is 52.5 Å². The minimum atomic E-state index is -3.60. The number of anilines is 1. The molecule has 0 saturated heterocycles. The largest absolute Gasteiger partial charge is 0.350 e. The van der Waals surface area contributed by atoms with Crippen LogP contribution in [0.25, 0.3) is 0 Å². The van der Waals surface area contributed by atoms with Gasteiger partial charge in [0.15, 0.2) is 0 Å². The Morgan fingerprint density at radius 3 is 2.05 bits per heavy atom. The van der Waals surface area contributed by atoms with Crippen LogP contribution < -0.4 is 9.62 Å². The van der Waals surface area contributed by atoms with E-state index in [1.54, 1.807) is 42.5 Å². The Labute approximate surface area is 235 Å². The van der Waals surface area contributed by atoms with Gasteiger partial charge in [-0.25, -0.2) is 8.42 Å². The summed E-state index contributed by atoms with van der Waals surface area (Å²) in [7, 11) is -3.60. The highest BCUT2D eigenvalue weighted by Crippen LogP contribution is 2.28. The lowest BCUT2D eigenvalue weighted by Gasteiger charge is -2.33. The molecule has 0 aliphatic heterocycles. The van der Waals surface area contributed by atoms with Crippen LogP contribution in [0.15, 0.2) is 42.5 Å². The van der Waals surface area contributed by atoms with Crippen molar-refractivity contribution in [1.29, 1.82) is 0 Å². The molecule has 2 aromatic rings. The summed E-state index contributed by atoms with van der Waals surface area (Å²) >= 11 is 18.7. The molecular formula is C26H34Cl3N3O4S. The zero-order chi connectivity index (χ0) is 28.0. The number of rotatable bonds is 11. The monoisotopic (exact) mass is 589 g/mol. The molecule has 0 aromatic heterocycles. The van der Waals surface area contributed by atoms with Crippen LogP contribution in [0.2, 0.25) is 15.1 Å². The van der Waals surface area contributed by atoms with Crippen molar-refractivity contribution in [3.05, 3.63) is 63.1 Å². The molecule has 11 heteroatoms. The molecule has 2 rings (SSSR count). The number of nitrogens with zero attached hydrogens (tertiary/aromatic N) is 2. The fourth-order valence-electron chi connectivity index (χ4n) is 3.84. The first-order valence-electron chi connectivity index (χ1n) is 11.9. The van der Waals surface area contributed by atoms with E-state index in [0.29, 0.717) is 32.7 Å². The molecule has 37 heavy (non-hydrogen) atoms. The fourth-order valence-corrected chi connectivity index (χ4v) is 5.45. The predicted octanol–water partition coefficient (Wildman–Crippen LogP) is 5.92. The molecular weight excluding hydrogens is 557 g/mol. The number of sulfonamides is 1. The van der Waals surface area contributed by atoms with Gasteiger partial charge in [0.25, 0.3) is 0 Å². The van der Waals surface area contributed by atoms with Crippen molar-refractivity contribution in [2.45, 2.75) is 65.1 Å². The van der Waals surface area contributed by atoms with E-state index in [9.17, 15) is 18.0 Å². The molecule has 1 N–H and O–H groups in total. The number of benzene rings is 2.